The Labute approximate surface area is 131 Å². The van der Waals surface area contributed by atoms with Crippen molar-refractivity contribution in [2.24, 2.45) is 0 Å². The summed E-state index contributed by atoms with van der Waals surface area (Å²) in [5, 5.41) is 5.46. The van der Waals surface area contributed by atoms with E-state index in [1.165, 1.54) is 24.5 Å². The highest BCUT2D eigenvalue weighted by molar-refractivity contribution is 5.93. The normalized spacial score (nSPS) is 11.1. The number of benzene rings is 1. The molecule has 2 N–H and O–H groups in total. The lowest BCUT2D eigenvalue weighted by Gasteiger charge is -2.09. The van der Waals surface area contributed by atoms with Gasteiger partial charge in [-0.2, -0.15) is 13.2 Å². The number of rotatable bonds is 5. The monoisotopic (exact) mass is 324 g/mol. The van der Waals surface area contributed by atoms with E-state index in [-0.39, 0.29) is 11.9 Å². The maximum absolute atomic E-state index is 12.5. The van der Waals surface area contributed by atoms with Crippen LogP contribution >= 0.6 is 0 Å². The number of nitrogens with zero attached hydrogens (tertiary/aromatic N) is 2. The molecule has 0 atom stereocenters. The summed E-state index contributed by atoms with van der Waals surface area (Å²) in [4.78, 5) is 19.6. The lowest BCUT2D eigenvalue weighted by molar-refractivity contribution is -0.137. The Kier molecular flexibility index (Phi) is 5.15. The van der Waals surface area contributed by atoms with Crippen LogP contribution in [0.4, 0.5) is 24.8 Å². The Morgan fingerprint density at radius 1 is 1.13 bits per heavy atom. The minimum atomic E-state index is -4.37. The Balaban J connectivity index is 2.02. The second-order valence-electron chi connectivity index (χ2n) is 4.75. The van der Waals surface area contributed by atoms with Gasteiger partial charge in [-0.3, -0.25) is 4.79 Å². The van der Waals surface area contributed by atoms with Crippen molar-refractivity contribution in [2.45, 2.75) is 19.5 Å². The van der Waals surface area contributed by atoms with Crippen molar-refractivity contribution in [3.63, 3.8) is 0 Å². The van der Waals surface area contributed by atoms with E-state index in [1.54, 1.807) is 0 Å². The number of amides is 1. The number of nitrogens with one attached hydrogen (secondary N) is 2. The van der Waals surface area contributed by atoms with Crippen LogP contribution in [0, 0.1) is 0 Å². The molecule has 1 aromatic carbocycles. The maximum atomic E-state index is 12.5. The predicted octanol–water partition coefficient (Wildman–Crippen LogP) is 3.38. The van der Waals surface area contributed by atoms with Gasteiger partial charge < -0.3 is 10.6 Å². The molecular formula is C15H15F3N4O. The fraction of sp³-hybridized carbons (Fsp3) is 0.267. The Hall–Kier alpha value is -2.64. The number of alkyl halides is 3. The zero-order valence-electron chi connectivity index (χ0n) is 12.3. The largest absolute Gasteiger partial charge is 0.416 e. The van der Waals surface area contributed by atoms with Gasteiger partial charge in [0.2, 0.25) is 5.95 Å². The van der Waals surface area contributed by atoms with E-state index in [2.05, 4.69) is 20.6 Å². The van der Waals surface area contributed by atoms with Crippen LogP contribution in [0.25, 0.3) is 0 Å². The van der Waals surface area contributed by atoms with E-state index in [0.29, 0.717) is 17.8 Å². The average molecular weight is 324 g/mol. The molecule has 5 nitrogen and oxygen atoms in total. The number of halogens is 3. The first kappa shape index (κ1) is 16.7. The molecular weight excluding hydrogens is 309 g/mol. The molecule has 23 heavy (non-hydrogen) atoms. The smallest absolute Gasteiger partial charge is 0.352 e. The summed E-state index contributed by atoms with van der Waals surface area (Å²) in [5.74, 6) is -0.0790. The van der Waals surface area contributed by atoms with Crippen molar-refractivity contribution in [3.8, 4) is 0 Å². The van der Waals surface area contributed by atoms with Gasteiger partial charge in [0.1, 0.15) is 0 Å². The molecule has 0 aliphatic carbocycles. The average Bonchev–Trinajstić information content (AvgIpc) is 2.53. The van der Waals surface area contributed by atoms with Gasteiger partial charge >= 0.3 is 6.18 Å². The van der Waals surface area contributed by atoms with Crippen molar-refractivity contribution in [3.05, 3.63) is 47.8 Å². The standard InChI is InChI=1S/C15H15F3N4O/c1-2-7-19-13(23)10-8-20-14(21-9-10)22-12-5-3-11(4-6-12)15(16,17)18/h3-6,8-9H,2,7H2,1H3,(H,19,23)(H,20,21,22). The first-order valence-electron chi connectivity index (χ1n) is 6.94. The molecule has 0 aliphatic rings. The third kappa shape index (κ3) is 4.67. The lowest BCUT2D eigenvalue weighted by Crippen LogP contribution is -2.24. The minimum Gasteiger partial charge on any atom is -0.352 e. The number of carbonyl (C=O) groups is 1. The van der Waals surface area contributed by atoms with Gasteiger partial charge in [0.25, 0.3) is 5.91 Å². The topological polar surface area (TPSA) is 66.9 Å². The summed E-state index contributed by atoms with van der Waals surface area (Å²) in [7, 11) is 0. The summed E-state index contributed by atoms with van der Waals surface area (Å²) < 4.78 is 37.4. The summed E-state index contributed by atoms with van der Waals surface area (Å²) >= 11 is 0. The van der Waals surface area contributed by atoms with Crippen LogP contribution < -0.4 is 10.6 Å². The van der Waals surface area contributed by atoms with Crippen LogP contribution in [0.5, 0.6) is 0 Å². The second-order valence-corrected chi connectivity index (χ2v) is 4.75. The highest BCUT2D eigenvalue weighted by atomic mass is 19.4. The van der Waals surface area contributed by atoms with E-state index in [0.717, 1.165) is 18.6 Å². The van der Waals surface area contributed by atoms with Gasteiger partial charge in [0.15, 0.2) is 0 Å². The van der Waals surface area contributed by atoms with Crippen LogP contribution in [0.1, 0.15) is 29.3 Å². The molecule has 0 saturated carbocycles. The number of hydrogen-bond donors (Lipinski definition) is 2. The molecule has 1 heterocycles. The Morgan fingerprint density at radius 3 is 2.26 bits per heavy atom. The number of anilines is 2. The van der Waals surface area contributed by atoms with Crippen molar-refractivity contribution in [1.82, 2.24) is 15.3 Å². The fourth-order valence-corrected chi connectivity index (χ4v) is 1.72. The molecule has 0 bridgehead atoms. The van der Waals surface area contributed by atoms with Crippen LogP contribution in [-0.4, -0.2) is 22.4 Å². The van der Waals surface area contributed by atoms with Crippen LogP contribution in [0.2, 0.25) is 0 Å². The first-order chi connectivity index (χ1) is 10.9. The predicted molar refractivity (Wildman–Crippen MR) is 79.4 cm³/mol. The summed E-state index contributed by atoms with van der Waals surface area (Å²) in [6, 6.07) is 4.51. The molecule has 122 valence electrons. The molecule has 8 heteroatoms. The van der Waals surface area contributed by atoms with E-state index in [1.807, 2.05) is 6.92 Å². The third-order valence-electron chi connectivity index (χ3n) is 2.92. The highest BCUT2D eigenvalue weighted by Crippen LogP contribution is 2.30. The summed E-state index contributed by atoms with van der Waals surface area (Å²) in [6.07, 6.45) is -0.850. The maximum Gasteiger partial charge on any atom is 0.416 e. The molecule has 1 aromatic heterocycles. The molecule has 1 amide bonds. The Bertz CT molecular complexity index is 654. The zero-order chi connectivity index (χ0) is 16.9. The van der Waals surface area contributed by atoms with Crippen LogP contribution in [-0.2, 0) is 6.18 Å². The molecule has 2 aromatic rings. The molecule has 0 aliphatic heterocycles. The van der Waals surface area contributed by atoms with Crippen molar-refractivity contribution < 1.29 is 18.0 Å². The quantitative estimate of drug-likeness (QED) is 0.885. The second kappa shape index (κ2) is 7.08. The van der Waals surface area contributed by atoms with Gasteiger partial charge in [-0.15, -0.1) is 0 Å². The van der Waals surface area contributed by atoms with Gasteiger partial charge in [-0.05, 0) is 30.7 Å². The van der Waals surface area contributed by atoms with E-state index < -0.39 is 11.7 Å². The number of hydrogen-bond acceptors (Lipinski definition) is 4. The van der Waals surface area contributed by atoms with Gasteiger partial charge in [0.05, 0.1) is 11.1 Å². The zero-order valence-corrected chi connectivity index (χ0v) is 12.3. The van der Waals surface area contributed by atoms with Crippen molar-refractivity contribution in [1.29, 1.82) is 0 Å². The summed E-state index contributed by atoms with van der Waals surface area (Å²) in [5.41, 5.74) is 0.00418. The molecule has 0 fully saturated rings. The first-order valence-corrected chi connectivity index (χ1v) is 6.94. The van der Waals surface area contributed by atoms with Gasteiger partial charge in [-0.25, -0.2) is 9.97 Å². The minimum absolute atomic E-state index is 0.191. The SMILES string of the molecule is CCCNC(=O)c1cnc(Nc2ccc(C(F)(F)F)cc2)nc1. The molecule has 0 unspecified atom stereocenters. The van der Waals surface area contributed by atoms with Crippen molar-refractivity contribution >= 4 is 17.5 Å². The highest BCUT2D eigenvalue weighted by Gasteiger charge is 2.29. The summed E-state index contributed by atoms with van der Waals surface area (Å²) in [6.45, 7) is 2.50. The fourth-order valence-electron chi connectivity index (χ4n) is 1.72. The van der Waals surface area contributed by atoms with E-state index >= 15 is 0 Å². The van der Waals surface area contributed by atoms with Crippen LogP contribution in [0.15, 0.2) is 36.7 Å². The molecule has 2 rings (SSSR count). The Morgan fingerprint density at radius 2 is 1.74 bits per heavy atom. The van der Waals surface area contributed by atoms with Crippen molar-refractivity contribution in [2.75, 3.05) is 11.9 Å². The lowest BCUT2D eigenvalue weighted by atomic mass is 10.2. The third-order valence-corrected chi connectivity index (χ3v) is 2.92. The number of aromatic nitrogens is 2. The number of carbonyl (C=O) groups excluding carboxylic acids is 1. The van der Waals surface area contributed by atoms with Crippen LogP contribution in [0.3, 0.4) is 0 Å². The van der Waals surface area contributed by atoms with E-state index in [4.69, 9.17) is 0 Å². The molecule has 0 spiro atoms. The van der Waals surface area contributed by atoms with Gasteiger partial charge in [-0.1, -0.05) is 6.92 Å². The van der Waals surface area contributed by atoms with Gasteiger partial charge in [0, 0.05) is 24.6 Å². The van der Waals surface area contributed by atoms with E-state index in [9.17, 15) is 18.0 Å². The molecule has 0 radical (unpaired) electrons. The molecule has 0 saturated heterocycles.